The molecule has 12 heavy (non-hydrogen) atoms. The molecular weight excluding hydrogens is 156 g/mol. The highest BCUT2D eigenvalue weighted by Gasteiger charge is 2.27. The Morgan fingerprint density at radius 2 is 2.25 bits per heavy atom. The molecule has 1 aliphatic rings. The van der Waals surface area contributed by atoms with Crippen LogP contribution in [0.15, 0.2) is 10.9 Å². The van der Waals surface area contributed by atoms with Gasteiger partial charge in [0.2, 0.25) is 0 Å². The normalized spacial score (nSPS) is 17.4. The van der Waals surface area contributed by atoms with Crippen LogP contribution in [0.4, 0.5) is 0 Å². The monoisotopic (exact) mass is 166 g/mol. The van der Waals surface area contributed by atoms with Crippen molar-refractivity contribution in [2.45, 2.75) is 25.8 Å². The van der Waals surface area contributed by atoms with Gasteiger partial charge in [-0.1, -0.05) is 6.08 Å². The highest BCUT2D eigenvalue weighted by atomic mass is 16.2. The van der Waals surface area contributed by atoms with E-state index in [4.69, 9.17) is 0 Å². The fourth-order valence-electron chi connectivity index (χ4n) is 1.05. The minimum absolute atomic E-state index is 0.143. The number of hydrogen-bond donors (Lipinski definition) is 0. The molecule has 1 aromatic rings. The molecule has 0 amide bonds. The minimum Gasteiger partial charge on any atom is -0.244 e. The summed E-state index contributed by atoms with van der Waals surface area (Å²) in [6, 6.07) is 0.302. The molecule has 5 nitrogen and oxygen atoms in total. The molecule has 1 aromatic heterocycles. The first-order valence-electron chi connectivity index (χ1n) is 3.99. The molecule has 5 heteroatoms. The predicted octanol–water partition coefficient (Wildman–Crippen LogP) is 0.265. The van der Waals surface area contributed by atoms with Gasteiger partial charge in [-0.2, -0.15) is 9.36 Å². The van der Waals surface area contributed by atoms with Crippen molar-refractivity contribution in [3.63, 3.8) is 0 Å². The van der Waals surface area contributed by atoms with Gasteiger partial charge in [-0.3, -0.25) is 0 Å². The lowest BCUT2D eigenvalue weighted by Gasteiger charge is -1.88. The van der Waals surface area contributed by atoms with Crippen molar-refractivity contribution in [3.8, 4) is 0 Å². The molecule has 0 radical (unpaired) electrons. The van der Waals surface area contributed by atoms with Gasteiger partial charge in [0, 0.05) is 6.20 Å². The summed E-state index contributed by atoms with van der Waals surface area (Å²) in [5, 5.41) is 7.46. The van der Waals surface area contributed by atoms with E-state index in [1.807, 2.05) is 6.92 Å². The third-order valence-corrected chi connectivity index (χ3v) is 1.81. The van der Waals surface area contributed by atoms with Gasteiger partial charge >= 0.3 is 5.69 Å². The summed E-state index contributed by atoms with van der Waals surface area (Å²) in [7, 11) is 0. The van der Waals surface area contributed by atoms with Crippen molar-refractivity contribution in [2.24, 2.45) is 0 Å². The van der Waals surface area contributed by atoms with E-state index in [0.29, 0.717) is 6.04 Å². The van der Waals surface area contributed by atoms with E-state index >= 15 is 0 Å². The first kappa shape index (κ1) is 7.27. The number of aromatic nitrogens is 4. The lowest BCUT2D eigenvalue weighted by atomic mass is 10.7. The van der Waals surface area contributed by atoms with Gasteiger partial charge in [0.15, 0.2) is 0 Å². The van der Waals surface area contributed by atoms with E-state index in [9.17, 15) is 4.79 Å². The Morgan fingerprint density at radius 3 is 2.83 bits per heavy atom. The van der Waals surface area contributed by atoms with E-state index in [1.165, 1.54) is 9.36 Å². The van der Waals surface area contributed by atoms with Crippen molar-refractivity contribution >= 4 is 6.20 Å². The molecule has 1 fully saturated rings. The first-order chi connectivity index (χ1) is 5.83. The second-order valence-electron chi connectivity index (χ2n) is 2.86. The van der Waals surface area contributed by atoms with Crippen LogP contribution >= 0.6 is 0 Å². The third-order valence-electron chi connectivity index (χ3n) is 1.81. The minimum atomic E-state index is -0.143. The summed E-state index contributed by atoms with van der Waals surface area (Å²) < 4.78 is 2.69. The summed E-state index contributed by atoms with van der Waals surface area (Å²) in [6.45, 7) is 1.84. The summed E-state index contributed by atoms with van der Waals surface area (Å²) in [5.41, 5.74) is -0.143. The topological polar surface area (TPSA) is 52.7 Å². The van der Waals surface area contributed by atoms with Crippen LogP contribution < -0.4 is 5.69 Å². The SMILES string of the molecule is C/C=C\n1nnn(C2CC2)c1=O. The zero-order valence-electron chi connectivity index (χ0n) is 6.84. The number of hydrogen-bond acceptors (Lipinski definition) is 3. The van der Waals surface area contributed by atoms with Gasteiger partial charge in [0.1, 0.15) is 0 Å². The average molecular weight is 166 g/mol. The zero-order valence-corrected chi connectivity index (χ0v) is 6.84. The van der Waals surface area contributed by atoms with Crippen LogP contribution in [0.3, 0.4) is 0 Å². The van der Waals surface area contributed by atoms with Crippen molar-refractivity contribution < 1.29 is 0 Å². The smallest absolute Gasteiger partial charge is 0.244 e. The average Bonchev–Trinajstić information content (AvgIpc) is 2.82. The second kappa shape index (κ2) is 2.58. The van der Waals surface area contributed by atoms with Crippen molar-refractivity contribution in [1.29, 1.82) is 0 Å². The maximum atomic E-state index is 11.4. The summed E-state index contributed by atoms with van der Waals surface area (Å²) in [4.78, 5) is 11.4. The van der Waals surface area contributed by atoms with Crippen LogP contribution in [0.1, 0.15) is 25.8 Å². The Hall–Kier alpha value is -1.39. The fraction of sp³-hybridized carbons (Fsp3) is 0.571. The largest absolute Gasteiger partial charge is 0.368 e. The summed E-state index contributed by atoms with van der Waals surface area (Å²) in [6.07, 6.45) is 5.46. The Balaban J connectivity index is 2.40. The van der Waals surface area contributed by atoms with Crippen LogP contribution in [-0.4, -0.2) is 19.8 Å². The quantitative estimate of drug-likeness (QED) is 0.633. The van der Waals surface area contributed by atoms with Crippen LogP contribution in [0.25, 0.3) is 6.20 Å². The maximum absolute atomic E-state index is 11.4. The van der Waals surface area contributed by atoms with Crippen LogP contribution in [-0.2, 0) is 0 Å². The molecule has 0 aromatic carbocycles. The van der Waals surface area contributed by atoms with E-state index in [-0.39, 0.29) is 5.69 Å². The van der Waals surface area contributed by atoms with Gasteiger partial charge in [0.05, 0.1) is 6.04 Å². The van der Waals surface area contributed by atoms with Crippen molar-refractivity contribution in [3.05, 3.63) is 16.6 Å². The van der Waals surface area contributed by atoms with Crippen molar-refractivity contribution in [1.82, 2.24) is 19.8 Å². The molecule has 0 saturated heterocycles. The van der Waals surface area contributed by atoms with Crippen LogP contribution in [0.5, 0.6) is 0 Å². The molecule has 0 atom stereocenters. The number of nitrogens with zero attached hydrogens (tertiary/aromatic N) is 4. The number of tetrazole rings is 1. The molecule has 1 heterocycles. The van der Waals surface area contributed by atoms with Gasteiger partial charge in [-0.15, -0.1) is 0 Å². The lowest BCUT2D eigenvalue weighted by molar-refractivity contribution is 0.593. The lowest BCUT2D eigenvalue weighted by Crippen LogP contribution is -2.21. The molecule has 0 aliphatic heterocycles. The highest BCUT2D eigenvalue weighted by molar-refractivity contribution is 5.16. The van der Waals surface area contributed by atoms with Gasteiger partial charge in [0.25, 0.3) is 0 Å². The molecule has 0 spiro atoms. The van der Waals surface area contributed by atoms with E-state index < -0.39 is 0 Å². The Morgan fingerprint density at radius 1 is 1.50 bits per heavy atom. The maximum Gasteiger partial charge on any atom is 0.368 e. The molecular formula is C7H10N4O. The van der Waals surface area contributed by atoms with E-state index in [1.54, 1.807) is 12.3 Å². The molecule has 2 rings (SSSR count). The molecule has 0 bridgehead atoms. The molecule has 1 aliphatic carbocycles. The summed E-state index contributed by atoms with van der Waals surface area (Å²) >= 11 is 0. The standard InChI is InChI=1S/C7H10N4O/c1-2-5-10-7(12)11(9-8-10)6-3-4-6/h2,5-6H,3-4H2,1H3/b5-2-. The summed E-state index contributed by atoms with van der Waals surface area (Å²) in [5.74, 6) is 0. The fourth-order valence-corrected chi connectivity index (χ4v) is 1.05. The van der Waals surface area contributed by atoms with Crippen LogP contribution in [0.2, 0.25) is 0 Å². The number of allylic oxidation sites excluding steroid dienone is 1. The zero-order chi connectivity index (χ0) is 8.55. The second-order valence-corrected chi connectivity index (χ2v) is 2.86. The first-order valence-corrected chi connectivity index (χ1v) is 3.99. The molecule has 1 saturated carbocycles. The van der Waals surface area contributed by atoms with E-state index in [0.717, 1.165) is 12.8 Å². The Bertz CT molecular complexity index is 358. The number of rotatable bonds is 2. The Kier molecular flexibility index (Phi) is 1.56. The Labute approximate surface area is 69.3 Å². The van der Waals surface area contributed by atoms with Crippen LogP contribution in [0, 0.1) is 0 Å². The molecule has 64 valence electrons. The van der Waals surface area contributed by atoms with Crippen molar-refractivity contribution in [2.75, 3.05) is 0 Å². The van der Waals surface area contributed by atoms with Gasteiger partial charge < -0.3 is 0 Å². The van der Waals surface area contributed by atoms with Gasteiger partial charge in [-0.05, 0) is 30.2 Å². The van der Waals surface area contributed by atoms with Gasteiger partial charge in [-0.25, -0.2) is 4.79 Å². The molecule has 0 unspecified atom stereocenters. The predicted molar refractivity (Wildman–Crippen MR) is 43.6 cm³/mol. The molecule has 0 N–H and O–H groups in total. The highest BCUT2D eigenvalue weighted by Crippen LogP contribution is 2.32. The third kappa shape index (κ3) is 1.07. The van der Waals surface area contributed by atoms with E-state index in [2.05, 4.69) is 10.4 Å².